The highest BCUT2D eigenvalue weighted by atomic mass is 32.2. The van der Waals surface area contributed by atoms with E-state index in [0.717, 1.165) is 5.57 Å². The number of fused-ring (bicyclic) bond motifs is 5. The monoisotopic (exact) mass is 344 g/mol. The van der Waals surface area contributed by atoms with Crippen molar-refractivity contribution in [2.45, 2.75) is 0 Å². The molecule has 104 valence electrons. The number of rotatable bonds is 1. The fraction of sp³-hybridized carbons (Fsp3) is 0.0588. The highest BCUT2D eigenvalue weighted by Crippen LogP contribution is 2.49. The maximum Gasteiger partial charge on any atom is 0.00170 e. The summed E-state index contributed by atoms with van der Waals surface area (Å²) in [5, 5.41) is 15.8. The molecule has 0 aliphatic heterocycles. The number of hydrogen-bond acceptors (Lipinski definition) is 4. The van der Waals surface area contributed by atoms with Crippen LogP contribution in [0.3, 0.4) is 0 Å². The van der Waals surface area contributed by atoms with E-state index in [0.29, 0.717) is 0 Å². The second-order valence-corrected chi connectivity index (χ2v) is 7.78. The quantitative estimate of drug-likeness (QED) is 0.461. The number of thioether (sulfide) groups is 1. The molecule has 3 aromatic rings. The average molecular weight is 345 g/mol. The Hall–Kier alpha value is -1.07. The predicted molar refractivity (Wildman–Crippen MR) is 101 cm³/mol. The van der Waals surface area contributed by atoms with Crippen molar-refractivity contribution in [2.24, 2.45) is 0 Å². The van der Waals surface area contributed by atoms with E-state index in [9.17, 15) is 0 Å². The van der Waals surface area contributed by atoms with Crippen LogP contribution in [0.2, 0.25) is 0 Å². The topological polar surface area (TPSA) is 0 Å². The van der Waals surface area contributed by atoms with Crippen LogP contribution in [0.4, 0.5) is 0 Å². The molecule has 3 aromatic heterocycles. The Labute approximate surface area is 140 Å². The molecule has 0 radical (unpaired) electrons. The van der Waals surface area contributed by atoms with Crippen molar-refractivity contribution in [2.75, 3.05) is 6.26 Å². The lowest BCUT2D eigenvalue weighted by Gasteiger charge is -2.17. The third-order valence-electron chi connectivity index (χ3n) is 3.74. The zero-order valence-electron chi connectivity index (χ0n) is 11.4. The van der Waals surface area contributed by atoms with Gasteiger partial charge in [-0.2, -0.15) is 34.0 Å². The number of thiophene rings is 3. The minimum atomic E-state index is 1.14. The summed E-state index contributed by atoms with van der Waals surface area (Å²) in [5.74, 6) is 0. The lowest BCUT2D eigenvalue weighted by Crippen LogP contribution is -1.94. The summed E-state index contributed by atoms with van der Waals surface area (Å²) < 4.78 is 0. The molecule has 0 saturated heterocycles. The smallest absolute Gasteiger partial charge is 0.00170 e. The number of hydrogen-bond donors (Lipinski definition) is 0. The van der Waals surface area contributed by atoms with Gasteiger partial charge in [-0.1, -0.05) is 6.58 Å². The fourth-order valence-electron chi connectivity index (χ4n) is 2.73. The van der Waals surface area contributed by atoms with E-state index in [1.807, 2.05) is 0 Å². The van der Waals surface area contributed by atoms with Crippen LogP contribution in [0.1, 0.15) is 11.1 Å². The van der Waals surface area contributed by atoms with E-state index in [4.69, 9.17) is 0 Å². The van der Waals surface area contributed by atoms with Crippen molar-refractivity contribution in [3.63, 3.8) is 0 Å². The summed E-state index contributed by atoms with van der Waals surface area (Å²) in [6, 6.07) is 0. The molecular weight excluding hydrogens is 332 g/mol. The van der Waals surface area contributed by atoms with Crippen molar-refractivity contribution < 1.29 is 0 Å². The highest BCUT2D eigenvalue weighted by Gasteiger charge is 2.24. The molecule has 0 aromatic carbocycles. The molecule has 0 N–H and O–H groups in total. The normalized spacial score (nSPS) is 15.3. The van der Waals surface area contributed by atoms with Crippen LogP contribution in [0.15, 0.2) is 44.3 Å². The summed E-state index contributed by atoms with van der Waals surface area (Å²) >= 11 is 7.05. The van der Waals surface area contributed by atoms with Gasteiger partial charge in [0.05, 0.1) is 0 Å². The summed E-state index contributed by atoms with van der Waals surface area (Å²) in [6.07, 6.45) is 2.11. The van der Waals surface area contributed by atoms with Crippen LogP contribution in [-0.4, -0.2) is 6.26 Å². The average Bonchev–Trinajstić information content (AvgIpc) is 3.19. The molecule has 0 saturated carbocycles. The van der Waals surface area contributed by atoms with Gasteiger partial charge in [0.2, 0.25) is 0 Å². The van der Waals surface area contributed by atoms with Crippen molar-refractivity contribution in [3.05, 3.63) is 55.4 Å². The zero-order valence-corrected chi connectivity index (χ0v) is 14.6. The van der Waals surface area contributed by atoms with Crippen LogP contribution >= 0.6 is 45.8 Å². The molecule has 1 aliphatic carbocycles. The summed E-state index contributed by atoms with van der Waals surface area (Å²) in [4.78, 5) is 0. The van der Waals surface area contributed by atoms with Gasteiger partial charge >= 0.3 is 0 Å². The van der Waals surface area contributed by atoms with E-state index in [1.54, 1.807) is 45.8 Å². The summed E-state index contributed by atoms with van der Waals surface area (Å²) in [7, 11) is 0. The van der Waals surface area contributed by atoms with Crippen molar-refractivity contribution >= 4 is 56.9 Å². The van der Waals surface area contributed by atoms with Gasteiger partial charge in [0.1, 0.15) is 0 Å². The molecule has 0 bridgehead atoms. The Morgan fingerprint density at radius 1 is 0.762 bits per heavy atom. The SMILES string of the molecule is C=C1/C(=C\SC)c2cscc2-c2cscc2-c2cscc21. The third kappa shape index (κ3) is 2.01. The van der Waals surface area contributed by atoms with Crippen LogP contribution in [0.25, 0.3) is 33.4 Å². The van der Waals surface area contributed by atoms with Gasteiger partial charge in [-0.25, -0.2) is 0 Å². The van der Waals surface area contributed by atoms with Gasteiger partial charge in [0.25, 0.3) is 0 Å². The van der Waals surface area contributed by atoms with Gasteiger partial charge in [-0.05, 0) is 55.1 Å². The maximum absolute atomic E-state index is 4.40. The molecule has 0 unspecified atom stereocenters. The molecule has 21 heavy (non-hydrogen) atoms. The van der Waals surface area contributed by atoms with E-state index in [1.165, 1.54) is 39.0 Å². The first kappa shape index (κ1) is 13.6. The molecule has 0 nitrogen and oxygen atoms in total. The largest absolute Gasteiger partial charge is 0.151 e. The predicted octanol–water partition coefficient (Wildman–Crippen LogP) is 6.94. The van der Waals surface area contributed by atoms with Crippen LogP contribution in [0, 0.1) is 0 Å². The first-order chi connectivity index (χ1) is 10.3. The van der Waals surface area contributed by atoms with Crippen LogP contribution in [-0.2, 0) is 0 Å². The summed E-state index contributed by atoms with van der Waals surface area (Å²) in [6.45, 7) is 4.40. The van der Waals surface area contributed by atoms with Crippen molar-refractivity contribution in [1.82, 2.24) is 0 Å². The second-order valence-electron chi connectivity index (χ2n) is 4.84. The second kappa shape index (κ2) is 5.29. The maximum atomic E-state index is 4.40. The summed E-state index contributed by atoms with van der Waals surface area (Å²) in [5.41, 5.74) is 10.4. The van der Waals surface area contributed by atoms with E-state index < -0.39 is 0 Å². The Morgan fingerprint density at radius 2 is 1.19 bits per heavy atom. The van der Waals surface area contributed by atoms with Gasteiger partial charge < -0.3 is 0 Å². The zero-order chi connectivity index (χ0) is 14.4. The molecule has 4 rings (SSSR count). The lowest BCUT2D eigenvalue weighted by atomic mass is 9.86. The Bertz CT molecular complexity index is 857. The van der Waals surface area contributed by atoms with E-state index >= 15 is 0 Å². The Morgan fingerprint density at radius 3 is 1.76 bits per heavy atom. The first-order valence-corrected chi connectivity index (χ1v) is 10.5. The lowest BCUT2D eigenvalue weighted by molar-refractivity contribution is 1.65. The molecule has 1 aliphatic rings. The van der Waals surface area contributed by atoms with Gasteiger partial charge in [-0.15, -0.1) is 11.8 Å². The molecule has 0 fully saturated rings. The number of allylic oxidation sites excluding steroid dienone is 2. The van der Waals surface area contributed by atoms with Gasteiger partial charge in [0.15, 0.2) is 0 Å². The first-order valence-electron chi connectivity index (χ1n) is 6.43. The van der Waals surface area contributed by atoms with Crippen LogP contribution in [0.5, 0.6) is 0 Å². The minimum absolute atomic E-state index is 1.14. The van der Waals surface area contributed by atoms with E-state index in [-0.39, 0.29) is 0 Å². The third-order valence-corrected chi connectivity index (χ3v) is 6.44. The minimum Gasteiger partial charge on any atom is -0.151 e. The van der Waals surface area contributed by atoms with Crippen LogP contribution < -0.4 is 0 Å². The molecule has 4 heteroatoms. The molecule has 0 amide bonds. The van der Waals surface area contributed by atoms with Gasteiger partial charge in [-0.3, -0.25) is 0 Å². The standard InChI is InChI=1S/C17H12S4/c1-10-11(3-18-2)13-5-20-7-15(13)17-9-21-8-16(17)14-6-19-4-12(10)14/h3-9H,1H2,2H3/b11-3+. The molecular formula is C17H12S4. The van der Waals surface area contributed by atoms with Crippen molar-refractivity contribution in [3.8, 4) is 22.3 Å². The molecule has 0 spiro atoms. The molecule has 0 atom stereocenters. The Balaban J connectivity index is 2.12. The fourth-order valence-corrected chi connectivity index (χ4v) is 5.79. The highest BCUT2D eigenvalue weighted by molar-refractivity contribution is 8.01. The Kier molecular flexibility index (Phi) is 3.42. The van der Waals surface area contributed by atoms with Crippen molar-refractivity contribution in [1.29, 1.82) is 0 Å². The molecule has 3 heterocycles. The van der Waals surface area contributed by atoms with E-state index in [2.05, 4.69) is 50.5 Å². The van der Waals surface area contributed by atoms with Gasteiger partial charge in [0, 0.05) is 33.4 Å².